The van der Waals surface area contributed by atoms with E-state index in [4.69, 9.17) is 23.2 Å². The van der Waals surface area contributed by atoms with Gasteiger partial charge in [-0.25, -0.2) is 8.42 Å². The summed E-state index contributed by atoms with van der Waals surface area (Å²) in [6, 6.07) is 23.4. The maximum atomic E-state index is 13.8. The molecule has 0 bridgehead atoms. The van der Waals surface area contributed by atoms with Crippen LogP contribution in [0.4, 0.5) is 22.7 Å². The smallest absolute Gasteiger partial charge is 0.156 e. The van der Waals surface area contributed by atoms with E-state index >= 15 is 0 Å². The first-order valence-electron chi connectivity index (χ1n) is 15.1. The Bertz CT molecular complexity index is 1730. The van der Waals surface area contributed by atoms with Gasteiger partial charge in [-0.2, -0.15) is 0 Å². The molecule has 6 unspecified atom stereocenters. The van der Waals surface area contributed by atoms with E-state index in [0.29, 0.717) is 65.5 Å². The number of fused-ring (bicyclic) bond motifs is 4. The van der Waals surface area contributed by atoms with Gasteiger partial charge in [-0.15, -0.1) is 0 Å². The van der Waals surface area contributed by atoms with Crippen molar-refractivity contribution < 1.29 is 18.6 Å². The number of hydrogen-bond donors (Lipinski definition) is 2. The van der Waals surface area contributed by atoms with E-state index < -0.39 is 43.1 Å². The molecule has 2 aliphatic heterocycles. The van der Waals surface area contributed by atoms with Crippen molar-refractivity contribution in [1.82, 2.24) is 19.1 Å². The number of benzene rings is 4. The number of aliphatic hydroxyl groups excluding tert-OH is 2. The van der Waals surface area contributed by atoms with Gasteiger partial charge < -0.3 is 30.4 Å². The van der Waals surface area contributed by atoms with Crippen LogP contribution in [0.25, 0.3) is 0 Å². The topological polar surface area (TPSA) is 127 Å². The number of halogens is 2. The fraction of sp³-hybridized carbons (Fsp3) is 0.294. The standard InChI is InChI=1S/2C17H19ClN2O3S/c2*1-19(2)10-13(21)11-20(22)14-5-3-4-6-16(14)24(23)17-8-7-12(18)9-15(17)20/h2*3-9,13,21H,10-11H2,1-2H3. The van der Waals surface area contributed by atoms with E-state index in [1.165, 1.54) is 0 Å². The molecule has 0 aliphatic carbocycles. The molecule has 0 saturated heterocycles. The SMILES string of the molecule is CN(C)CC(O)C[N+]1([O-])c2ccccc2S(=O)c2ccc(Cl)cc21.CN(C)CC(O)C[N+]1([O-])c2ccccc2S(=O)c2ccc(Cl)cc21. The highest BCUT2D eigenvalue weighted by Crippen LogP contribution is 2.49. The number of nitrogens with zero attached hydrogens (tertiary/aromatic N) is 4. The first-order valence-corrected chi connectivity index (χ1v) is 18.2. The number of hydrogen-bond acceptors (Lipinski definition) is 8. The van der Waals surface area contributed by atoms with Crippen molar-refractivity contribution in [3.8, 4) is 0 Å². The van der Waals surface area contributed by atoms with Gasteiger partial charge in [0.05, 0.1) is 21.6 Å². The number of quaternary nitrogens is 2. The van der Waals surface area contributed by atoms with Crippen LogP contribution < -0.4 is 9.29 Å². The Hall–Kier alpha value is -2.56. The van der Waals surface area contributed by atoms with Crippen LogP contribution in [0, 0.1) is 10.4 Å². The summed E-state index contributed by atoms with van der Waals surface area (Å²) < 4.78 is 23.9. The zero-order valence-electron chi connectivity index (χ0n) is 27.0. The van der Waals surface area contributed by atoms with Crippen molar-refractivity contribution in [1.29, 1.82) is 0 Å². The summed E-state index contributed by atoms with van der Waals surface area (Å²) in [6.45, 7) is 0.590. The Morgan fingerprint density at radius 2 is 0.938 bits per heavy atom. The minimum atomic E-state index is -1.44. The highest BCUT2D eigenvalue weighted by Gasteiger charge is 2.41. The molecule has 0 spiro atoms. The van der Waals surface area contributed by atoms with E-state index in [9.17, 15) is 29.0 Å². The minimum Gasteiger partial charge on any atom is -0.622 e. The molecule has 0 fully saturated rings. The van der Waals surface area contributed by atoms with E-state index in [1.807, 2.05) is 38.0 Å². The average Bonchev–Trinajstić information content (AvgIpc) is 3.02. The van der Waals surface area contributed by atoms with E-state index in [-0.39, 0.29) is 13.1 Å². The normalized spacial score (nSPS) is 23.7. The van der Waals surface area contributed by atoms with Gasteiger partial charge in [-0.05, 0) is 64.6 Å². The van der Waals surface area contributed by atoms with Crippen LogP contribution in [0.2, 0.25) is 10.0 Å². The third-order valence-electron chi connectivity index (χ3n) is 8.02. The number of para-hydroxylation sites is 2. The maximum Gasteiger partial charge on any atom is 0.156 e. The van der Waals surface area contributed by atoms with E-state index in [1.54, 1.807) is 84.9 Å². The molecule has 2 aliphatic rings. The van der Waals surface area contributed by atoms with Crippen LogP contribution >= 0.6 is 23.2 Å². The summed E-state index contributed by atoms with van der Waals surface area (Å²) in [7, 11) is 4.47. The molecule has 2 N–H and O–H groups in total. The molecule has 10 nitrogen and oxygen atoms in total. The second kappa shape index (κ2) is 14.7. The average molecular weight is 734 g/mol. The van der Waals surface area contributed by atoms with Crippen LogP contribution in [0.15, 0.2) is 105 Å². The lowest BCUT2D eigenvalue weighted by molar-refractivity contribution is 0.118. The van der Waals surface area contributed by atoms with Crippen molar-refractivity contribution in [3.05, 3.63) is 105 Å². The van der Waals surface area contributed by atoms with Crippen molar-refractivity contribution in [2.45, 2.75) is 31.8 Å². The zero-order valence-corrected chi connectivity index (χ0v) is 30.1. The van der Waals surface area contributed by atoms with Gasteiger partial charge in [-0.1, -0.05) is 47.5 Å². The molecule has 256 valence electrons. The number of likely N-dealkylation sites (N-methyl/N-ethyl adjacent to an activating group) is 2. The Balaban J connectivity index is 0.000000188. The van der Waals surface area contributed by atoms with Crippen LogP contribution in [-0.2, 0) is 21.6 Å². The minimum absolute atomic E-state index is 0.0697. The van der Waals surface area contributed by atoms with Crippen molar-refractivity contribution in [2.75, 3.05) is 54.4 Å². The summed E-state index contributed by atoms with van der Waals surface area (Å²) in [4.78, 5) is 5.52. The van der Waals surface area contributed by atoms with Gasteiger partial charge in [0, 0.05) is 47.4 Å². The molecule has 6 atom stereocenters. The van der Waals surface area contributed by atoms with Crippen molar-refractivity contribution in [2.24, 2.45) is 0 Å². The first kappa shape index (κ1) is 36.7. The Morgan fingerprint density at radius 3 is 1.29 bits per heavy atom. The highest BCUT2D eigenvalue weighted by molar-refractivity contribution is 7.85. The molecular formula is C34H38Cl2N4O6S2. The fourth-order valence-corrected chi connectivity index (χ4v) is 9.32. The van der Waals surface area contributed by atoms with Gasteiger partial charge in [0.25, 0.3) is 0 Å². The summed E-state index contributed by atoms with van der Waals surface area (Å²) in [5.74, 6) is 0. The largest absolute Gasteiger partial charge is 0.622 e. The lowest BCUT2D eigenvalue weighted by atomic mass is 10.1. The lowest BCUT2D eigenvalue weighted by Gasteiger charge is -2.46. The van der Waals surface area contributed by atoms with Crippen molar-refractivity contribution >= 4 is 67.6 Å². The number of rotatable bonds is 8. The molecule has 6 rings (SSSR count). The predicted octanol–water partition coefficient (Wildman–Crippen LogP) is 5.76. The summed E-state index contributed by atoms with van der Waals surface area (Å²) >= 11 is 12.2. The molecular weight excluding hydrogens is 695 g/mol. The fourth-order valence-electron chi connectivity index (χ4n) is 6.13. The van der Waals surface area contributed by atoms with Gasteiger partial charge in [0.15, 0.2) is 22.7 Å². The zero-order chi connectivity index (χ0) is 35.0. The monoisotopic (exact) mass is 732 g/mol. The first-order chi connectivity index (χ1) is 22.7. The van der Waals surface area contributed by atoms with Gasteiger partial charge >= 0.3 is 0 Å². The second-order valence-corrected chi connectivity index (χ2v) is 16.1. The molecule has 14 heteroatoms. The highest BCUT2D eigenvalue weighted by atomic mass is 35.5. The van der Waals surface area contributed by atoms with Gasteiger partial charge in [0.2, 0.25) is 0 Å². The molecule has 0 amide bonds. The summed E-state index contributed by atoms with van der Waals surface area (Å²) in [6.07, 6.45) is -1.66. The number of aliphatic hydroxyl groups is 2. The maximum absolute atomic E-state index is 13.8. The van der Waals surface area contributed by atoms with Crippen LogP contribution in [0.1, 0.15) is 0 Å². The summed E-state index contributed by atoms with van der Waals surface area (Å²) in [5.41, 5.74) is 1.45. The number of hydroxylamine groups is 2. The van der Waals surface area contributed by atoms with Crippen LogP contribution in [0.5, 0.6) is 0 Å². The third-order valence-corrected chi connectivity index (χ3v) is 11.5. The second-order valence-electron chi connectivity index (χ2n) is 12.4. The van der Waals surface area contributed by atoms with Gasteiger partial charge in [0.1, 0.15) is 44.9 Å². The third kappa shape index (κ3) is 7.31. The Labute approximate surface area is 295 Å². The molecule has 48 heavy (non-hydrogen) atoms. The predicted molar refractivity (Wildman–Crippen MR) is 194 cm³/mol. The van der Waals surface area contributed by atoms with E-state index in [0.717, 1.165) is 0 Å². The molecule has 2 heterocycles. The van der Waals surface area contributed by atoms with Crippen molar-refractivity contribution in [3.63, 3.8) is 0 Å². The Morgan fingerprint density at radius 1 is 0.604 bits per heavy atom. The molecule has 0 radical (unpaired) electrons. The molecule has 0 aromatic heterocycles. The summed E-state index contributed by atoms with van der Waals surface area (Å²) in [5, 5.41) is 49.2. The molecule has 4 aromatic carbocycles. The molecule has 0 saturated carbocycles. The quantitative estimate of drug-likeness (QED) is 0.173. The lowest BCUT2D eigenvalue weighted by Crippen LogP contribution is -2.48. The van der Waals surface area contributed by atoms with Crippen LogP contribution in [0.3, 0.4) is 0 Å². The van der Waals surface area contributed by atoms with Gasteiger partial charge in [-0.3, -0.25) is 9.29 Å². The van der Waals surface area contributed by atoms with E-state index in [2.05, 4.69) is 0 Å². The van der Waals surface area contributed by atoms with Crippen LogP contribution in [-0.4, -0.2) is 95.0 Å². The Kier molecular flexibility index (Phi) is 11.3. The molecule has 4 aromatic rings.